The molecule has 0 saturated carbocycles. The van der Waals surface area contributed by atoms with Gasteiger partial charge in [0.05, 0.1) is 6.54 Å². The van der Waals surface area contributed by atoms with Gasteiger partial charge in [-0.1, -0.05) is 37.3 Å². The van der Waals surface area contributed by atoms with E-state index in [0.717, 1.165) is 5.56 Å². The fraction of sp³-hybridized carbons (Fsp3) is 0.471. The molecule has 1 aromatic rings. The summed E-state index contributed by atoms with van der Waals surface area (Å²) in [4.78, 5) is 40.1. The van der Waals surface area contributed by atoms with Gasteiger partial charge in [-0.25, -0.2) is 4.79 Å². The van der Waals surface area contributed by atoms with E-state index >= 15 is 0 Å². The zero-order valence-corrected chi connectivity index (χ0v) is 13.7. The monoisotopic (exact) mass is 330 g/mol. The van der Waals surface area contributed by atoms with Gasteiger partial charge in [0.1, 0.15) is 12.1 Å². The zero-order valence-electron chi connectivity index (χ0n) is 13.7. The largest absolute Gasteiger partial charge is 0.342 e. The lowest BCUT2D eigenvalue weighted by Gasteiger charge is -2.45. The van der Waals surface area contributed by atoms with Crippen LogP contribution in [-0.2, 0) is 16.1 Å². The van der Waals surface area contributed by atoms with Crippen molar-refractivity contribution in [1.29, 1.82) is 0 Å². The van der Waals surface area contributed by atoms with Crippen LogP contribution in [0.25, 0.3) is 0 Å². The number of benzene rings is 1. The average molecular weight is 330 g/mol. The lowest BCUT2D eigenvalue weighted by atomic mass is 10.0. The number of piperazine rings is 2. The number of rotatable bonds is 3. The summed E-state index contributed by atoms with van der Waals surface area (Å²) in [6.45, 7) is 3.37. The number of carbonyl (C=O) groups excluding carboxylic acids is 3. The Morgan fingerprint density at radius 3 is 2.71 bits per heavy atom. The maximum absolute atomic E-state index is 12.3. The summed E-state index contributed by atoms with van der Waals surface area (Å²) < 4.78 is 0. The molecule has 2 saturated heterocycles. The maximum Gasteiger partial charge on any atom is 0.317 e. The van der Waals surface area contributed by atoms with Gasteiger partial charge in [0.25, 0.3) is 0 Å². The highest BCUT2D eigenvalue weighted by atomic mass is 16.2. The van der Waals surface area contributed by atoms with E-state index in [0.29, 0.717) is 26.1 Å². The van der Waals surface area contributed by atoms with Gasteiger partial charge in [0, 0.05) is 19.6 Å². The predicted octanol–water partition coefficient (Wildman–Crippen LogP) is 0.317. The SMILES string of the molecule is CC[C@@H]1NC(=O)[C@H]2CN(C(=O)NCc3ccccc3)CCN2C1=O. The molecular weight excluding hydrogens is 308 g/mol. The Hall–Kier alpha value is -2.57. The van der Waals surface area contributed by atoms with Gasteiger partial charge >= 0.3 is 6.03 Å². The summed E-state index contributed by atoms with van der Waals surface area (Å²) in [5.74, 6) is -0.228. The van der Waals surface area contributed by atoms with E-state index in [9.17, 15) is 14.4 Å². The minimum Gasteiger partial charge on any atom is -0.342 e. The molecule has 3 rings (SSSR count). The summed E-state index contributed by atoms with van der Waals surface area (Å²) in [6, 6.07) is 8.41. The van der Waals surface area contributed by atoms with Crippen molar-refractivity contribution >= 4 is 17.8 Å². The molecule has 2 N–H and O–H groups in total. The van der Waals surface area contributed by atoms with Crippen LogP contribution in [0.5, 0.6) is 0 Å². The first-order chi connectivity index (χ1) is 11.6. The molecule has 0 radical (unpaired) electrons. The summed E-state index contributed by atoms with van der Waals surface area (Å²) in [6.07, 6.45) is 0.578. The van der Waals surface area contributed by atoms with Gasteiger partial charge in [0.15, 0.2) is 0 Å². The fourth-order valence-electron chi connectivity index (χ4n) is 3.15. The van der Waals surface area contributed by atoms with Gasteiger partial charge in [-0.15, -0.1) is 0 Å². The Morgan fingerprint density at radius 1 is 1.25 bits per heavy atom. The number of hydrogen-bond acceptors (Lipinski definition) is 3. The van der Waals surface area contributed by atoms with Crippen LogP contribution >= 0.6 is 0 Å². The molecule has 4 amide bonds. The third kappa shape index (κ3) is 3.20. The van der Waals surface area contributed by atoms with E-state index in [2.05, 4.69) is 10.6 Å². The molecule has 0 aliphatic carbocycles. The number of nitrogens with one attached hydrogen (secondary N) is 2. The topological polar surface area (TPSA) is 81.8 Å². The van der Waals surface area contributed by atoms with Crippen molar-refractivity contribution in [2.45, 2.75) is 32.0 Å². The van der Waals surface area contributed by atoms with Crippen molar-refractivity contribution < 1.29 is 14.4 Å². The number of urea groups is 1. The van der Waals surface area contributed by atoms with Crippen LogP contribution < -0.4 is 10.6 Å². The zero-order chi connectivity index (χ0) is 17.1. The van der Waals surface area contributed by atoms with E-state index in [1.165, 1.54) is 0 Å². The molecule has 0 unspecified atom stereocenters. The van der Waals surface area contributed by atoms with Crippen LogP contribution in [-0.4, -0.2) is 59.4 Å². The van der Waals surface area contributed by atoms with Crippen molar-refractivity contribution in [1.82, 2.24) is 20.4 Å². The van der Waals surface area contributed by atoms with Crippen LogP contribution in [0.3, 0.4) is 0 Å². The van der Waals surface area contributed by atoms with E-state index in [4.69, 9.17) is 0 Å². The number of amides is 4. The number of hydrogen-bond donors (Lipinski definition) is 2. The van der Waals surface area contributed by atoms with Crippen molar-refractivity contribution in [3.8, 4) is 0 Å². The Morgan fingerprint density at radius 2 is 2.00 bits per heavy atom. The lowest BCUT2D eigenvalue weighted by Crippen LogP contribution is -2.70. The van der Waals surface area contributed by atoms with Gasteiger partial charge in [-0.2, -0.15) is 0 Å². The van der Waals surface area contributed by atoms with E-state index in [1.54, 1.807) is 9.80 Å². The Kier molecular flexibility index (Phi) is 4.69. The lowest BCUT2D eigenvalue weighted by molar-refractivity contribution is -0.152. The second-order valence-electron chi connectivity index (χ2n) is 6.11. The Balaban J connectivity index is 1.59. The molecule has 1 aromatic carbocycles. The van der Waals surface area contributed by atoms with Crippen LogP contribution in [0.2, 0.25) is 0 Å². The first-order valence-electron chi connectivity index (χ1n) is 8.27. The molecule has 2 atom stereocenters. The van der Waals surface area contributed by atoms with Gasteiger partial charge in [-0.05, 0) is 12.0 Å². The molecule has 7 heteroatoms. The quantitative estimate of drug-likeness (QED) is 0.837. The third-order valence-electron chi connectivity index (χ3n) is 4.56. The van der Waals surface area contributed by atoms with Crippen LogP contribution in [0.4, 0.5) is 4.79 Å². The normalized spacial score (nSPS) is 23.5. The van der Waals surface area contributed by atoms with Crippen molar-refractivity contribution in [2.75, 3.05) is 19.6 Å². The third-order valence-corrected chi connectivity index (χ3v) is 4.56. The number of carbonyl (C=O) groups is 3. The molecule has 0 bridgehead atoms. The van der Waals surface area contributed by atoms with Gasteiger partial charge < -0.3 is 20.4 Å². The summed E-state index contributed by atoms with van der Waals surface area (Å²) in [5, 5.41) is 5.61. The van der Waals surface area contributed by atoms with Crippen LogP contribution in [0.15, 0.2) is 30.3 Å². The molecule has 2 fully saturated rings. The van der Waals surface area contributed by atoms with E-state index < -0.39 is 12.1 Å². The first-order valence-corrected chi connectivity index (χ1v) is 8.27. The maximum atomic E-state index is 12.3. The molecule has 2 aliphatic rings. The number of nitrogens with zero attached hydrogens (tertiary/aromatic N) is 2. The summed E-state index contributed by atoms with van der Waals surface area (Å²) in [7, 11) is 0. The van der Waals surface area contributed by atoms with Gasteiger partial charge in [0.2, 0.25) is 11.8 Å². The molecular formula is C17H22N4O3. The van der Waals surface area contributed by atoms with Crippen LogP contribution in [0, 0.1) is 0 Å². The van der Waals surface area contributed by atoms with Crippen molar-refractivity contribution in [2.24, 2.45) is 0 Å². The Labute approximate surface area is 141 Å². The second-order valence-corrected chi connectivity index (χ2v) is 6.11. The Bertz CT molecular complexity index is 634. The highest BCUT2D eigenvalue weighted by Gasteiger charge is 2.43. The van der Waals surface area contributed by atoms with Crippen LogP contribution in [0.1, 0.15) is 18.9 Å². The molecule has 7 nitrogen and oxygen atoms in total. The predicted molar refractivity (Wildman–Crippen MR) is 88.0 cm³/mol. The molecule has 0 spiro atoms. The first kappa shape index (κ1) is 16.3. The standard InChI is InChI=1S/C17H22N4O3/c1-2-13-16(23)21-9-8-20(11-14(21)15(22)19-13)17(24)18-10-12-6-4-3-5-7-12/h3-7,13-14H,2,8-11H2,1H3,(H,18,24)(H,19,22)/t13-,14+/m0/s1. The van der Waals surface area contributed by atoms with E-state index in [1.807, 2.05) is 37.3 Å². The highest BCUT2D eigenvalue weighted by molar-refractivity contribution is 5.97. The molecule has 128 valence electrons. The molecule has 0 aromatic heterocycles. The minimum atomic E-state index is -0.587. The van der Waals surface area contributed by atoms with Gasteiger partial charge in [-0.3, -0.25) is 9.59 Å². The molecule has 24 heavy (non-hydrogen) atoms. The van der Waals surface area contributed by atoms with Crippen molar-refractivity contribution in [3.05, 3.63) is 35.9 Å². The molecule has 2 heterocycles. The minimum absolute atomic E-state index is 0.0496. The number of fused-ring (bicyclic) bond motifs is 1. The second kappa shape index (κ2) is 6.90. The molecule has 2 aliphatic heterocycles. The van der Waals surface area contributed by atoms with E-state index in [-0.39, 0.29) is 24.4 Å². The summed E-state index contributed by atoms with van der Waals surface area (Å²) in [5.41, 5.74) is 1.01. The summed E-state index contributed by atoms with van der Waals surface area (Å²) >= 11 is 0. The average Bonchev–Trinajstić information content (AvgIpc) is 2.63. The highest BCUT2D eigenvalue weighted by Crippen LogP contribution is 2.17. The smallest absolute Gasteiger partial charge is 0.317 e. The van der Waals surface area contributed by atoms with Crippen molar-refractivity contribution in [3.63, 3.8) is 0 Å². The fourth-order valence-corrected chi connectivity index (χ4v) is 3.15.